The Morgan fingerprint density at radius 1 is 2.00 bits per heavy atom. The second kappa shape index (κ2) is 3.66. The molecule has 0 aliphatic heterocycles. The molecule has 0 fully saturated rings. The van der Waals surface area contributed by atoms with Crippen molar-refractivity contribution in [3.8, 4) is 0 Å². The molecule has 0 aromatic rings. The third-order valence-electron chi connectivity index (χ3n) is 0.236. The number of nitrogens with one attached hydrogen (secondary N) is 1. The van der Waals surface area contributed by atoms with Crippen LogP contribution in [0.3, 0.4) is 0 Å². The summed E-state index contributed by atoms with van der Waals surface area (Å²) in [5.74, 6) is 7.74. The molecule has 0 rings (SSSR count). The third-order valence-corrected chi connectivity index (χ3v) is 0.236. The maximum Gasteiger partial charge on any atom is 0.0310 e. The Morgan fingerprint density at radius 3 is 2.60 bits per heavy atom. The number of rotatable bonds is 2. The molecule has 5 heavy (non-hydrogen) atoms. The lowest BCUT2D eigenvalue weighted by atomic mass is 10.7. The van der Waals surface area contributed by atoms with Crippen LogP contribution < -0.4 is 11.3 Å². The van der Waals surface area contributed by atoms with Crippen LogP contribution in [-0.4, -0.2) is 6.54 Å². The summed E-state index contributed by atoms with van der Waals surface area (Å²) in [5, 5.41) is 0. The van der Waals surface area contributed by atoms with E-state index in [1.165, 1.54) is 0 Å². The Labute approximate surface area is 31.6 Å². The molecule has 28 valence electrons. The van der Waals surface area contributed by atoms with Crippen molar-refractivity contribution < 1.29 is 0 Å². The highest BCUT2D eigenvalue weighted by atomic mass is 15.2. The van der Waals surface area contributed by atoms with Crippen molar-refractivity contribution in [3.63, 3.8) is 0 Å². The van der Waals surface area contributed by atoms with Crippen LogP contribution in [0.15, 0.2) is 12.7 Å². The lowest BCUT2D eigenvalue weighted by Crippen LogP contribution is -2.07. The quantitative estimate of drug-likeness (QED) is 0.352. The SMILES string of the molecule is C=CCN[N]. The molecule has 0 aliphatic carbocycles. The molecule has 0 heterocycles. The average molecular weight is 70.1 g/mol. The molecule has 2 nitrogen and oxygen atoms in total. The number of hydrogen-bond donors (Lipinski definition) is 1. The molecule has 0 amide bonds. The molecular weight excluding hydrogens is 64.0 g/mol. The number of nitrogens with zero attached hydrogens (tertiary/aromatic N) is 1. The second-order valence-corrected chi connectivity index (χ2v) is 0.651. The molecular formula is C3H6N2. The van der Waals surface area contributed by atoms with Gasteiger partial charge < -0.3 is 0 Å². The van der Waals surface area contributed by atoms with Crippen LogP contribution in [0.1, 0.15) is 0 Å². The van der Waals surface area contributed by atoms with Crippen LogP contribution in [0.5, 0.6) is 0 Å². The largest absolute Gasteiger partial charge is 0.218 e. The summed E-state index contributed by atoms with van der Waals surface area (Å²) < 4.78 is 0. The highest BCUT2D eigenvalue weighted by molar-refractivity contribution is 4.66. The van der Waals surface area contributed by atoms with E-state index in [4.69, 9.17) is 5.84 Å². The first-order chi connectivity index (χ1) is 2.41. The van der Waals surface area contributed by atoms with Crippen molar-refractivity contribution in [3.05, 3.63) is 12.7 Å². The van der Waals surface area contributed by atoms with Gasteiger partial charge in [0.25, 0.3) is 0 Å². The minimum absolute atomic E-state index is 0.458. The summed E-state index contributed by atoms with van der Waals surface area (Å²) in [6, 6.07) is 0. The molecule has 0 unspecified atom stereocenters. The van der Waals surface area contributed by atoms with Gasteiger partial charge in [-0.1, -0.05) is 6.08 Å². The van der Waals surface area contributed by atoms with E-state index in [-0.39, 0.29) is 0 Å². The average Bonchev–Trinajstić information content (AvgIpc) is 1.41. The summed E-state index contributed by atoms with van der Waals surface area (Å²) in [6.45, 7) is 3.79. The minimum Gasteiger partial charge on any atom is -0.218 e. The van der Waals surface area contributed by atoms with Gasteiger partial charge in [-0.2, -0.15) is 0 Å². The van der Waals surface area contributed by atoms with Crippen molar-refractivity contribution in [1.29, 1.82) is 0 Å². The summed E-state index contributed by atoms with van der Waals surface area (Å²) >= 11 is 0. The van der Waals surface area contributed by atoms with E-state index in [1.807, 2.05) is 5.43 Å². The molecule has 0 aromatic carbocycles. The lowest BCUT2D eigenvalue weighted by molar-refractivity contribution is 0.791. The minimum atomic E-state index is 0.458. The van der Waals surface area contributed by atoms with Crippen molar-refractivity contribution >= 4 is 0 Å². The van der Waals surface area contributed by atoms with Crippen molar-refractivity contribution in [2.45, 2.75) is 0 Å². The van der Waals surface area contributed by atoms with Crippen molar-refractivity contribution in [2.75, 3.05) is 6.54 Å². The summed E-state index contributed by atoms with van der Waals surface area (Å²) in [6.07, 6.45) is 1.57. The highest BCUT2D eigenvalue weighted by Gasteiger charge is 1.59. The molecule has 0 bridgehead atoms. The molecule has 0 atom stereocenters. The maximum absolute atomic E-state index is 7.74. The van der Waals surface area contributed by atoms with Crippen LogP contribution in [0.25, 0.3) is 0 Å². The van der Waals surface area contributed by atoms with E-state index < -0.39 is 0 Å². The van der Waals surface area contributed by atoms with E-state index in [9.17, 15) is 0 Å². The summed E-state index contributed by atoms with van der Waals surface area (Å²) in [4.78, 5) is 0. The second-order valence-electron chi connectivity index (χ2n) is 0.651. The Kier molecular flexibility index (Phi) is 3.41. The molecule has 0 spiro atoms. The first-order valence-corrected chi connectivity index (χ1v) is 1.39. The Bertz CT molecular complexity index is 26.1. The van der Waals surface area contributed by atoms with Gasteiger partial charge in [0.2, 0.25) is 0 Å². The van der Waals surface area contributed by atoms with Gasteiger partial charge in [-0.3, -0.25) is 0 Å². The molecule has 2 radical (unpaired) electrons. The fourth-order valence-corrected chi connectivity index (χ4v) is 0.0645. The van der Waals surface area contributed by atoms with E-state index in [0.717, 1.165) is 0 Å². The molecule has 0 aliphatic rings. The predicted molar refractivity (Wildman–Crippen MR) is 20.3 cm³/mol. The fourth-order valence-electron chi connectivity index (χ4n) is 0.0645. The van der Waals surface area contributed by atoms with Gasteiger partial charge in [0.15, 0.2) is 0 Å². The van der Waals surface area contributed by atoms with Gasteiger partial charge >= 0.3 is 0 Å². The first-order valence-electron chi connectivity index (χ1n) is 1.39. The van der Waals surface area contributed by atoms with Crippen LogP contribution in [0, 0.1) is 0 Å². The van der Waals surface area contributed by atoms with Crippen LogP contribution >= 0.6 is 0 Å². The van der Waals surface area contributed by atoms with Crippen molar-refractivity contribution in [2.24, 2.45) is 0 Å². The van der Waals surface area contributed by atoms with Crippen LogP contribution in [-0.2, 0) is 0 Å². The van der Waals surface area contributed by atoms with E-state index >= 15 is 0 Å². The smallest absolute Gasteiger partial charge is 0.0310 e. The monoisotopic (exact) mass is 70.1 g/mol. The number of hydrogen-bond acceptors (Lipinski definition) is 1. The first kappa shape index (κ1) is 4.66. The summed E-state index contributed by atoms with van der Waals surface area (Å²) in [5.41, 5.74) is 1.90. The predicted octanol–water partition coefficient (Wildman–Crippen LogP) is -0.254. The maximum atomic E-state index is 7.74. The van der Waals surface area contributed by atoms with Crippen LogP contribution in [0.2, 0.25) is 0 Å². The third kappa shape index (κ3) is 3.66. The molecule has 1 N–H and O–H groups in total. The van der Waals surface area contributed by atoms with Gasteiger partial charge in [-0.15, -0.1) is 6.58 Å². The molecule has 0 aromatic heterocycles. The Morgan fingerprint density at radius 2 is 2.60 bits per heavy atom. The van der Waals surface area contributed by atoms with Gasteiger partial charge in [-0.05, 0) is 5.84 Å². The zero-order valence-corrected chi connectivity index (χ0v) is 2.94. The van der Waals surface area contributed by atoms with E-state index in [1.54, 1.807) is 6.08 Å². The fraction of sp³-hybridized carbons (Fsp3) is 0.333. The topological polar surface area (TPSA) is 34.3 Å². The Hall–Kier alpha value is -0.340. The van der Waals surface area contributed by atoms with Gasteiger partial charge in [0.05, 0.1) is 0 Å². The van der Waals surface area contributed by atoms with Crippen LogP contribution in [0.4, 0.5) is 0 Å². The van der Waals surface area contributed by atoms with Gasteiger partial charge in [-0.25, -0.2) is 5.43 Å². The molecule has 2 heteroatoms. The molecule has 0 saturated heterocycles. The zero-order valence-electron chi connectivity index (χ0n) is 2.94. The van der Waals surface area contributed by atoms with E-state index in [2.05, 4.69) is 6.58 Å². The summed E-state index contributed by atoms with van der Waals surface area (Å²) in [7, 11) is 0. The standard InChI is InChI=1S/C3H6N2/c1-2-3-5-4/h2,5H,1,3H2. The normalized spacial score (nSPS) is 7.40. The lowest BCUT2D eigenvalue weighted by Gasteiger charge is -1.75. The highest BCUT2D eigenvalue weighted by Crippen LogP contribution is 1.47. The zero-order chi connectivity index (χ0) is 4.12. The Balaban J connectivity index is 2.40. The van der Waals surface area contributed by atoms with Crippen molar-refractivity contribution in [1.82, 2.24) is 11.3 Å². The van der Waals surface area contributed by atoms with Gasteiger partial charge in [0, 0.05) is 6.54 Å². The van der Waals surface area contributed by atoms with Gasteiger partial charge in [0.1, 0.15) is 0 Å². The molecule has 0 saturated carbocycles. The van der Waals surface area contributed by atoms with E-state index in [0.29, 0.717) is 6.54 Å².